The van der Waals surface area contributed by atoms with Crippen LogP contribution in [0, 0.1) is 0 Å². The normalized spacial score (nSPS) is 16.8. The molecule has 1 saturated heterocycles. The summed E-state index contributed by atoms with van der Waals surface area (Å²) in [5, 5.41) is 0. The molecule has 1 amide bonds. The van der Waals surface area contributed by atoms with Gasteiger partial charge in [-0.1, -0.05) is 60.7 Å². The molecule has 2 N–H and O–H groups in total. The standard InChI is InChI=1S/C20H25N3O/c21-19(18-9-5-2-6-10-18)20(24)23-15-13-22(14-16-23)12-11-17-7-3-1-4-8-17/h1-10,19H,11-16,21H2/t19-/m1/s1. The van der Waals surface area contributed by atoms with Crippen LogP contribution in [0.25, 0.3) is 0 Å². The third kappa shape index (κ3) is 4.22. The van der Waals surface area contributed by atoms with Crippen LogP contribution in [0.1, 0.15) is 17.2 Å². The van der Waals surface area contributed by atoms with Gasteiger partial charge in [-0.05, 0) is 17.5 Å². The summed E-state index contributed by atoms with van der Waals surface area (Å²) in [7, 11) is 0. The highest BCUT2D eigenvalue weighted by molar-refractivity contribution is 5.83. The Bertz CT molecular complexity index is 636. The van der Waals surface area contributed by atoms with Gasteiger partial charge in [0.1, 0.15) is 6.04 Å². The van der Waals surface area contributed by atoms with E-state index in [0.29, 0.717) is 0 Å². The molecule has 0 bridgehead atoms. The van der Waals surface area contributed by atoms with E-state index in [-0.39, 0.29) is 5.91 Å². The van der Waals surface area contributed by atoms with Gasteiger partial charge in [0.25, 0.3) is 0 Å². The Morgan fingerprint density at radius 2 is 1.50 bits per heavy atom. The van der Waals surface area contributed by atoms with Crippen LogP contribution in [0.15, 0.2) is 60.7 Å². The van der Waals surface area contributed by atoms with Crippen LogP contribution in [0.2, 0.25) is 0 Å². The van der Waals surface area contributed by atoms with Crippen molar-refractivity contribution in [1.82, 2.24) is 9.80 Å². The molecular formula is C20H25N3O. The third-order valence-corrected chi connectivity index (χ3v) is 4.67. The van der Waals surface area contributed by atoms with Gasteiger partial charge in [-0.3, -0.25) is 9.69 Å². The largest absolute Gasteiger partial charge is 0.338 e. The summed E-state index contributed by atoms with van der Waals surface area (Å²) >= 11 is 0. The summed E-state index contributed by atoms with van der Waals surface area (Å²) in [6.07, 6.45) is 1.05. The van der Waals surface area contributed by atoms with Crippen LogP contribution >= 0.6 is 0 Å². The maximum absolute atomic E-state index is 12.6. The Morgan fingerprint density at radius 3 is 2.12 bits per heavy atom. The Morgan fingerprint density at radius 1 is 0.917 bits per heavy atom. The molecule has 0 spiro atoms. The lowest BCUT2D eigenvalue weighted by Crippen LogP contribution is -2.51. The number of nitrogens with two attached hydrogens (primary N) is 1. The van der Waals surface area contributed by atoms with Crippen LogP contribution in [-0.4, -0.2) is 48.4 Å². The van der Waals surface area contributed by atoms with Gasteiger partial charge in [-0.2, -0.15) is 0 Å². The number of carbonyl (C=O) groups is 1. The van der Waals surface area contributed by atoms with Crippen LogP contribution in [0.3, 0.4) is 0 Å². The van der Waals surface area contributed by atoms with E-state index < -0.39 is 6.04 Å². The molecule has 2 aromatic carbocycles. The van der Waals surface area contributed by atoms with E-state index >= 15 is 0 Å². The maximum atomic E-state index is 12.6. The molecule has 1 heterocycles. The molecule has 3 rings (SSSR count). The first-order valence-electron chi connectivity index (χ1n) is 8.59. The number of hydrogen-bond acceptors (Lipinski definition) is 3. The highest BCUT2D eigenvalue weighted by Crippen LogP contribution is 2.14. The fourth-order valence-corrected chi connectivity index (χ4v) is 3.12. The molecule has 0 saturated carbocycles. The van der Waals surface area contributed by atoms with E-state index in [1.807, 2.05) is 41.3 Å². The molecule has 1 atom stereocenters. The van der Waals surface area contributed by atoms with Crippen molar-refractivity contribution in [2.75, 3.05) is 32.7 Å². The molecule has 1 fully saturated rings. The smallest absolute Gasteiger partial charge is 0.244 e. The first kappa shape index (κ1) is 16.7. The van der Waals surface area contributed by atoms with Crippen molar-refractivity contribution in [3.63, 3.8) is 0 Å². The SMILES string of the molecule is N[C@@H](C(=O)N1CCN(CCc2ccccc2)CC1)c1ccccc1. The van der Waals surface area contributed by atoms with Crippen LogP contribution in [0.4, 0.5) is 0 Å². The number of benzene rings is 2. The molecule has 4 nitrogen and oxygen atoms in total. The molecule has 24 heavy (non-hydrogen) atoms. The van der Waals surface area contributed by atoms with Crippen LogP contribution < -0.4 is 5.73 Å². The highest BCUT2D eigenvalue weighted by atomic mass is 16.2. The van der Waals surface area contributed by atoms with Crippen molar-refractivity contribution >= 4 is 5.91 Å². The van der Waals surface area contributed by atoms with Gasteiger partial charge in [-0.15, -0.1) is 0 Å². The number of piperazine rings is 1. The lowest BCUT2D eigenvalue weighted by Gasteiger charge is -2.36. The summed E-state index contributed by atoms with van der Waals surface area (Å²) < 4.78 is 0. The van der Waals surface area contributed by atoms with Crippen LogP contribution in [-0.2, 0) is 11.2 Å². The number of nitrogens with zero attached hydrogens (tertiary/aromatic N) is 2. The first-order chi connectivity index (χ1) is 11.7. The van der Waals surface area contributed by atoms with E-state index in [1.165, 1.54) is 5.56 Å². The van der Waals surface area contributed by atoms with Gasteiger partial charge in [0, 0.05) is 32.7 Å². The second kappa shape index (κ2) is 8.08. The average Bonchev–Trinajstić information content (AvgIpc) is 2.67. The highest BCUT2D eigenvalue weighted by Gasteiger charge is 2.25. The van der Waals surface area contributed by atoms with Crippen molar-refractivity contribution in [1.29, 1.82) is 0 Å². The predicted octanol–water partition coefficient (Wildman–Crippen LogP) is 2.07. The average molecular weight is 323 g/mol. The van der Waals surface area contributed by atoms with Gasteiger partial charge < -0.3 is 10.6 Å². The minimum absolute atomic E-state index is 0.0314. The molecule has 126 valence electrons. The minimum Gasteiger partial charge on any atom is -0.338 e. The van der Waals surface area contributed by atoms with Crippen molar-refractivity contribution in [3.05, 3.63) is 71.8 Å². The van der Waals surface area contributed by atoms with Crippen molar-refractivity contribution in [2.24, 2.45) is 5.73 Å². The molecule has 2 aromatic rings. The molecule has 4 heteroatoms. The summed E-state index contributed by atoms with van der Waals surface area (Å²) in [4.78, 5) is 16.9. The molecule has 1 aliphatic rings. The first-order valence-corrected chi connectivity index (χ1v) is 8.59. The number of carbonyl (C=O) groups excluding carboxylic acids is 1. The topological polar surface area (TPSA) is 49.6 Å². The van der Waals surface area contributed by atoms with Crippen LogP contribution in [0.5, 0.6) is 0 Å². The Kier molecular flexibility index (Phi) is 5.62. The maximum Gasteiger partial charge on any atom is 0.244 e. The fraction of sp³-hybridized carbons (Fsp3) is 0.350. The third-order valence-electron chi connectivity index (χ3n) is 4.67. The summed E-state index contributed by atoms with van der Waals surface area (Å²) in [6.45, 7) is 4.39. The van der Waals surface area contributed by atoms with E-state index in [1.54, 1.807) is 0 Å². The van der Waals surface area contributed by atoms with Crippen molar-refractivity contribution in [3.8, 4) is 0 Å². The number of rotatable bonds is 5. The van der Waals surface area contributed by atoms with E-state index in [0.717, 1.165) is 44.7 Å². The van der Waals surface area contributed by atoms with Gasteiger partial charge in [0.2, 0.25) is 5.91 Å². The minimum atomic E-state index is -0.554. The number of hydrogen-bond donors (Lipinski definition) is 1. The van der Waals surface area contributed by atoms with E-state index in [4.69, 9.17) is 5.73 Å². The lowest BCUT2D eigenvalue weighted by atomic mass is 10.1. The zero-order valence-electron chi connectivity index (χ0n) is 14.0. The van der Waals surface area contributed by atoms with Crippen molar-refractivity contribution < 1.29 is 4.79 Å². The fourth-order valence-electron chi connectivity index (χ4n) is 3.12. The van der Waals surface area contributed by atoms with E-state index in [9.17, 15) is 4.79 Å². The summed E-state index contributed by atoms with van der Waals surface area (Å²) in [6, 6.07) is 19.6. The number of amides is 1. The quantitative estimate of drug-likeness (QED) is 0.916. The van der Waals surface area contributed by atoms with Crippen molar-refractivity contribution in [2.45, 2.75) is 12.5 Å². The predicted molar refractivity (Wildman–Crippen MR) is 96.5 cm³/mol. The second-order valence-corrected chi connectivity index (χ2v) is 6.29. The van der Waals surface area contributed by atoms with Gasteiger partial charge in [-0.25, -0.2) is 0 Å². The Balaban J connectivity index is 1.47. The molecule has 0 unspecified atom stereocenters. The Labute approximate surface area is 143 Å². The zero-order valence-corrected chi connectivity index (χ0v) is 14.0. The molecule has 0 radical (unpaired) electrons. The zero-order chi connectivity index (χ0) is 16.8. The van der Waals surface area contributed by atoms with E-state index in [2.05, 4.69) is 29.2 Å². The molecule has 0 aromatic heterocycles. The Hall–Kier alpha value is -2.17. The molecule has 1 aliphatic heterocycles. The summed E-state index contributed by atoms with van der Waals surface area (Å²) in [5.41, 5.74) is 8.38. The molecule has 0 aliphatic carbocycles. The summed E-state index contributed by atoms with van der Waals surface area (Å²) in [5.74, 6) is 0.0314. The van der Waals surface area contributed by atoms with Gasteiger partial charge >= 0.3 is 0 Å². The lowest BCUT2D eigenvalue weighted by molar-refractivity contribution is -0.134. The molecular weight excluding hydrogens is 298 g/mol. The second-order valence-electron chi connectivity index (χ2n) is 6.29. The van der Waals surface area contributed by atoms with Gasteiger partial charge in [0.05, 0.1) is 0 Å². The van der Waals surface area contributed by atoms with Gasteiger partial charge in [0.15, 0.2) is 0 Å². The monoisotopic (exact) mass is 323 g/mol.